The third-order valence-electron chi connectivity index (χ3n) is 11.5. The van der Waals surface area contributed by atoms with E-state index < -0.39 is 5.41 Å². The van der Waals surface area contributed by atoms with Crippen LogP contribution in [0, 0.1) is 0 Å². The number of rotatable bonds is 6. The van der Waals surface area contributed by atoms with Crippen LogP contribution >= 0.6 is 0 Å². The van der Waals surface area contributed by atoms with Crippen molar-refractivity contribution in [3.8, 4) is 22.3 Å². The lowest BCUT2D eigenvalue weighted by atomic mass is 9.67. The summed E-state index contributed by atoms with van der Waals surface area (Å²) >= 11 is 0. The highest BCUT2D eigenvalue weighted by atomic mass is 16.3. The molecule has 0 N–H and O–H groups in total. The highest BCUT2D eigenvalue weighted by Gasteiger charge is 2.46. The molecule has 0 atom stereocenters. The summed E-state index contributed by atoms with van der Waals surface area (Å²) in [6, 6.07) is 77.0. The fourth-order valence-corrected chi connectivity index (χ4v) is 9.19. The Bertz CT molecular complexity index is 2980. The van der Waals surface area contributed by atoms with Crippen molar-refractivity contribution in [2.75, 3.05) is 4.90 Å². The van der Waals surface area contributed by atoms with Gasteiger partial charge in [-0.2, -0.15) is 0 Å². The molecule has 0 spiro atoms. The van der Waals surface area contributed by atoms with Crippen LogP contribution in [0.3, 0.4) is 0 Å². The van der Waals surface area contributed by atoms with Crippen LogP contribution in [0.15, 0.2) is 217 Å². The van der Waals surface area contributed by atoms with Crippen LogP contribution in [0.2, 0.25) is 0 Å². The van der Waals surface area contributed by atoms with Gasteiger partial charge in [0.1, 0.15) is 11.2 Å². The molecule has 0 saturated heterocycles. The predicted octanol–water partition coefficient (Wildman–Crippen LogP) is 14.2. The maximum absolute atomic E-state index is 6.68. The summed E-state index contributed by atoms with van der Waals surface area (Å²) in [5.74, 6) is 0. The molecule has 9 aromatic carbocycles. The molecule has 1 aromatic heterocycles. The maximum atomic E-state index is 6.68. The van der Waals surface area contributed by atoms with Crippen LogP contribution in [0.5, 0.6) is 0 Å². The number of anilines is 3. The molecule has 0 radical (unpaired) electrons. The van der Waals surface area contributed by atoms with Gasteiger partial charge in [-0.3, -0.25) is 0 Å². The van der Waals surface area contributed by atoms with E-state index in [0.29, 0.717) is 0 Å². The smallest absolute Gasteiger partial charge is 0.137 e. The number of hydrogen-bond acceptors (Lipinski definition) is 2. The molecule has 2 heteroatoms. The van der Waals surface area contributed by atoms with Crippen molar-refractivity contribution in [2.24, 2.45) is 0 Å². The molecular formula is C53H35NO. The Morgan fingerprint density at radius 1 is 0.382 bits per heavy atom. The average molecular weight is 702 g/mol. The van der Waals surface area contributed by atoms with E-state index in [1.807, 2.05) is 0 Å². The minimum Gasteiger partial charge on any atom is -0.456 e. The van der Waals surface area contributed by atoms with E-state index in [2.05, 4.69) is 217 Å². The summed E-state index contributed by atoms with van der Waals surface area (Å²) in [6.07, 6.45) is 0. The van der Waals surface area contributed by atoms with Crippen LogP contribution in [0.1, 0.15) is 22.3 Å². The molecule has 1 aliphatic carbocycles. The van der Waals surface area contributed by atoms with Crippen LogP contribution in [-0.4, -0.2) is 0 Å². The Labute approximate surface area is 320 Å². The largest absolute Gasteiger partial charge is 0.456 e. The van der Waals surface area contributed by atoms with Crippen molar-refractivity contribution >= 4 is 49.8 Å². The first-order valence-electron chi connectivity index (χ1n) is 18.9. The number of hydrogen-bond donors (Lipinski definition) is 0. The SMILES string of the molecule is c1ccc(-c2cc3c(cc2N(c2ccccc2)c2ccc4c(c2)oc2ccc5ccccc5c24)C(c2ccccc2)(c2ccccc2)c2ccccc2-3)cc1. The summed E-state index contributed by atoms with van der Waals surface area (Å²) in [5.41, 5.74) is 14.3. The molecule has 55 heavy (non-hydrogen) atoms. The molecule has 0 aliphatic heterocycles. The van der Waals surface area contributed by atoms with Crippen LogP contribution < -0.4 is 4.90 Å². The fourth-order valence-electron chi connectivity index (χ4n) is 9.19. The van der Waals surface area contributed by atoms with Gasteiger partial charge in [-0.05, 0) is 92.2 Å². The second-order valence-electron chi connectivity index (χ2n) is 14.4. The van der Waals surface area contributed by atoms with Crippen molar-refractivity contribution in [3.05, 3.63) is 235 Å². The third-order valence-corrected chi connectivity index (χ3v) is 11.5. The number of nitrogens with zero attached hydrogens (tertiary/aromatic N) is 1. The quantitative estimate of drug-likeness (QED) is 0.172. The van der Waals surface area contributed by atoms with Crippen molar-refractivity contribution in [3.63, 3.8) is 0 Å². The van der Waals surface area contributed by atoms with Crippen molar-refractivity contribution in [1.29, 1.82) is 0 Å². The summed E-state index contributed by atoms with van der Waals surface area (Å²) in [7, 11) is 0. The number of furan rings is 1. The molecule has 0 bridgehead atoms. The van der Waals surface area contributed by atoms with E-state index in [1.54, 1.807) is 0 Å². The van der Waals surface area contributed by atoms with Gasteiger partial charge in [0.05, 0.1) is 11.1 Å². The monoisotopic (exact) mass is 701 g/mol. The van der Waals surface area contributed by atoms with Crippen LogP contribution in [0.4, 0.5) is 17.1 Å². The first kappa shape index (κ1) is 31.4. The van der Waals surface area contributed by atoms with Gasteiger partial charge in [-0.25, -0.2) is 0 Å². The Kier molecular flexibility index (Phi) is 7.11. The van der Waals surface area contributed by atoms with Gasteiger partial charge in [0.15, 0.2) is 0 Å². The summed E-state index contributed by atoms with van der Waals surface area (Å²) < 4.78 is 6.68. The molecule has 0 fully saturated rings. The molecule has 1 heterocycles. The molecule has 2 nitrogen and oxygen atoms in total. The van der Waals surface area contributed by atoms with E-state index >= 15 is 0 Å². The van der Waals surface area contributed by atoms with E-state index in [9.17, 15) is 0 Å². The standard InChI is InChI=1S/C53H35NO/c1-5-17-36(18-6-1)45-34-46-43-27-15-16-28-47(43)53(38-20-7-2-8-21-38,39-22-9-3-10-23-39)48(46)35-49(45)54(40-24-11-4-12-25-40)41-30-31-44-51(33-41)55-50-32-29-37-19-13-14-26-42(37)52(44)50/h1-35H. The summed E-state index contributed by atoms with van der Waals surface area (Å²) in [4.78, 5) is 2.41. The third kappa shape index (κ3) is 4.75. The van der Waals surface area contributed by atoms with Crippen LogP contribution in [0.25, 0.3) is 55.0 Å². The Morgan fingerprint density at radius 2 is 1.02 bits per heavy atom. The Hall–Kier alpha value is -7.16. The molecule has 0 unspecified atom stereocenters. The molecular weight excluding hydrogens is 667 g/mol. The first-order valence-corrected chi connectivity index (χ1v) is 18.9. The lowest BCUT2D eigenvalue weighted by Crippen LogP contribution is -2.28. The van der Waals surface area contributed by atoms with Gasteiger partial charge in [0, 0.05) is 33.8 Å². The van der Waals surface area contributed by atoms with Gasteiger partial charge in [-0.1, -0.05) is 164 Å². The highest BCUT2D eigenvalue weighted by molar-refractivity contribution is 6.19. The zero-order valence-corrected chi connectivity index (χ0v) is 30.1. The molecule has 0 amide bonds. The summed E-state index contributed by atoms with van der Waals surface area (Å²) in [6.45, 7) is 0. The van der Waals surface area contributed by atoms with Gasteiger partial charge < -0.3 is 9.32 Å². The number of para-hydroxylation sites is 1. The highest BCUT2D eigenvalue weighted by Crippen LogP contribution is 2.59. The second kappa shape index (κ2) is 12.5. The van der Waals surface area contributed by atoms with E-state index in [-0.39, 0.29) is 0 Å². The minimum absolute atomic E-state index is 0.537. The maximum Gasteiger partial charge on any atom is 0.137 e. The van der Waals surface area contributed by atoms with Gasteiger partial charge in [0.25, 0.3) is 0 Å². The van der Waals surface area contributed by atoms with Crippen molar-refractivity contribution < 1.29 is 4.42 Å². The lowest BCUT2D eigenvalue weighted by molar-refractivity contribution is 0.669. The Balaban J connectivity index is 1.24. The van der Waals surface area contributed by atoms with Gasteiger partial charge in [-0.15, -0.1) is 0 Å². The van der Waals surface area contributed by atoms with Crippen molar-refractivity contribution in [2.45, 2.75) is 5.41 Å². The van der Waals surface area contributed by atoms with E-state index in [1.165, 1.54) is 44.2 Å². The number of benzene rings is 9. The van der Waals surface area contributed by atoms with Gasteiger partial charge in [0.2, 0.25) is 0 Å². The average Bonchev–Trinajstić information content (AvgIpc) is 3.78. The van der Waals surface area contributed by atoms with Crippen molar-refractivity contribution in [1.82, 2.24) is 0 Å². The number of fused-ring (bicyclic) bond motifs is 8. The molecule has 258 valence electrons. The summed E-state index contributed by atoms with van der Waals surface area (Å²) in [5, 5.41) is 4.68. The second-order valence-corrected chi connectivity index (χ2v) is 14.4. The van der Waals surface area contributed by atoms with E-state index in [0.717, 1.165) is 50.1 Å². The predicted molar refractivity (Wildman–Crippen MR) is 229 cm³/mol. The van der Waals surface area contributed by atoms with Gasteiger partial charge >= 0.3 is 0 Å². The minimum atomic E-state index is -0.537. The topological polar surface area (TPSA) is 16.4 Å². The molecule has 0 saturated carbocycles. The Morgan fingerprint density at radius 3 is 1.76 bits per heavy atom. The lowest BCUT2D eigenvalue weighted by Gasteiger charge is -2.35. The fraction of sp³-hybridized carbons (Fsp3) is 0.0189. The zero-order valence-electron chi connectivity index (χ0n) is 30.1. The molecule has 1 aliphatic rings. The van der Waals surface area contributed by atoms with Crippen LogP contribution in [-0.2, 0) is 5.41 Å². The normalized spacial score (nSPS) is 12.9. The molecule has 10 aromatic rings. The first-order chi connectivity index (χ1) is 27.3. The van der Waals surface area contributed by atoms with E-state index in [4.69, 9.17) is 4.42 Å². The molecule has 11 rings (SSSR count). The zero-order chi connectivity index (χ0) is 36.3.